The van der Waals surface area contributed by atoms with Gasteiger partial charge in [0.05, 0.1) is 0 Å². The van der Waals surface area contributed by atoms with E-state index in [1.165, 1.54) is 29.7 Å². The van der Waals surface area contributed by atoms with Gasteiger partial charge in [-0.05, 0) is 50.4 Å². The molecule has 1 N–H and O–H groups in total. The Kier molecular flexibility index (Phi) is 4.06. The molecule has 1 heterocycles. The summed E-state index contributed by atoms with van der Waals surface area (Å²) in [4.78, 5) is 2.53. The van der Waals surface area contributed by atoms with E-state index in [4.69, 9.17) is 0 Å². The zero-order chi connectivity index (χ0) is 12.3. The minimum absolute atomic E-state index is 0.619. The first-order chi connectivity index (χ1) is 8.27. The van der Waals surface area contributed by atoms with Gasteiger partial charge < -0.3 is 10.2 Å². The second-order valence-corrected chi connectivity index (χ2v) is 4.88. The lowest BCUT2D eigenvalue weighted by Gasteiger charge is -2.33. The summed E-state index contributed by atoms with van der Waals surface area (Å²) < 4.78 is 0. The maximum absolute atomic E-state index is 3.49. The van der Waals surface area contributed by atoms with Gasteiger partial charge in [0.25, 0.3) is 0 Å². The van der Waals surface area contributed by atoms with Gasteiger partial charge in [0.2, 0.25) is 0 Å². The van der Waals surface area contributed by atoms with E-state index in [-0.39, 0.29) is 0 Å². The number of hydrogen-bond acceptors (Lipinski definition) is 2. The van der Waals surface area contributed by atoms with E-state index in [0.29, 0.717) is 6.04 Å². The molecule has 1 unspecified atom stereocenters. The molecule has 1 aliphatic heterocycles. The molecule has 0 fully saturated rings. The molecule has 0 aliphatic carbocycles. The SMILES string of the molecule is CCC(C)N(CC)c1cccc2c1CNCC2. The molecule has 0 bridgehead atoms. The molecule has 94 valence electrons. The average molecular weight is 232 g/mol. The Bertz CT molecular complexity index is 373. The van der Waals surface area contributed by atoms with Gasteiger partial charge in [-0.1, -0.05) is 19.1 Å². The van der Waals surface area contributed by atoms with Crippen LogP contribution in [0.1, 0.15) is 38.3 Å². The molecule has 0 aromatic heterocycles. The quantitative estimate of drug-likeness (QED) is 0.858. The second kappa shape index (κ2) is 5.54. The maximum atomic E-state index is 3.49. The van der Waals surface area contributed by atoms with Crippen molar-refractivity contribution in [1.82, 2.24) is 5.32 Å². The lowest BCUT2D eigenvalue weighted by atomic mass is 9.98. The van der Waals surface area contributed by atoms with Crippen molar-refractivity contribution in [1.29, 1.82) is 0 Å². The van der Waals surface area contributed by atoms with Crippen LogP contribution in [0.2, 0.25) is 0 Å². The Morgan fingerprint density at radius 3 is 2.88 bits per heavy atom. The molecule has 0 radical (unpaired) electrons. The monoisotopic (exact) mass is 232 g/mol. The van der Waals surface area contributed by atoms with Crippen molar-refractivity contribution >= 4 is 5.69 Å². The molecular formula is C15H24N2. The molecule has 1 aromatic carbocycles. The van der Waals surface area contributed by atoms with Crippen LogP contribution in [0.5, 0.6) is 0 Å². The third-order valence-electron chi connectivity index (χ3n) is 3.89. The summed E-state index contributed by atoms with van der Waals surface area (Å²) in [6.07, 6.45) is 2.37. The van der Waals surface area contributed by atoms with E-state index in [0.717, 1.165) is 19.6 Å². The van der Waals surface area contributed by atoms with Gasteiger partial charge in [0.1, 0.15) is 0 Å². The average Bonchev–Trinajstić information content (AvgIpc) is 2.39. The number of anilines is 1. The van der Waals surface area contributed by atoms with Crippen molar-refractivity contribution in [2.75, 3.05) is 18.0 Å². The summed E-state index contributed by atoms with van der Waals surface area (Å²) >= 11 is 0. The fourth-order valence-corrected chi connectivity index (χ4v) is 2.70. The summed E-state index contributed by atoms with van der Waals surface area (Å²) in [5.41, 5.74) is 4.48. The zero-order valence-corrected chi connectivity index (χ0v) is 11.3. The summed E-state index contributed by atoms with van der Waals surface area (Å²) in [6, 6.07) is 7.39. The lowest BCUT2D eigenvalue weighted by molar-refractivity contribution is 0.608. The molecule has 1 atom stereocenters. The summed E-state index contributed by atoms with van der Waals surface area (Å²) in [7, 11) is 0. The minimum atomic E-state index is 0.619. The zero-order valence-electron chi connectivity index (χ0n) is 11.3. The number of nitrogens with one attached hydrogen (secondary N) is 1. The van der Waals surface area contributed by atoms with E-state index in [1.54, 1.807) is 0 Å². The van der Waals surface area contributed by atoms with Crippen molar-refractivity contribution < 1.29 is 0 Å². The van der Waals surface area contributed by atoms with Crippen LogP contribution in [0.3, 0.4) is 0 Å². The molecular weight excluding hydrogens is 208 g/mol. The van der Waals surface area contributed by atoms with Crippen molar-refractivity contribution in [3.05, 3.63) is 29.3 Å². The van der Waals surface area contributed by atoms with Crippen LogP contribution >= 0.6 is 0 Å². The van der Waals surface area contributed by atoms with Crippen LogP contribution < -0.4 is 10.2 Å². The van der Waals surface area contributed by atoms with Gasteiger partial charge in [-0.15, -0.1) is 0 Å². The van der Waals surface area contributed by atoms with Crippen LogP contribution in [-0.2, 0) is 13.0 Å². The fraction of sp³-hybridized carbons (Fsp3) is 0.600. The Balaban J connectivity index is 2.36. The molecule has 0 spiro atoms. The second-order valence-electron chi connectivity index (χ2n) is 4.88. The van der Waals surface area contributed by atoms with Gasteiger partial charge in [0.15, 0.2) is 0 Å². The van der Waals surface area contributed by atoms with Crippen LogP contribution in [0, 0.1) is 0 Å². The van der Waals surface area contributed by atoms with Crippen molar-refractivity contribution in [3.63, 3.8) is 0 Å². The summed E-state index contributed by atoms with van der Waals surface area (Å²) in [6.45, 7) is 10.1. The summed E-state index contributed by atoms with van der Waals surface area (Å²) in [5.74, 6) is 0. The smallest absolute Gasteiger partial charge is 0.0416 e. The van der Waals surface area contributed by atoms with Crippen molar-refractivity contribution in [3.8, 4) is 0 Å². The number of fused-ring (bicyclic) bond motifs is 1. The lowest BCUT2D eigenvalue weighted by Crippen LogP contribution is -2.35. The van der Waals surface area contributed by atoms with Gasteiger partial charge in [-0.3, -0.25) is 0 Å². The molecule has 0 amide bonds. The number of benzene rings is 1. The standard InChI is InChI=1S/C15H24N2/c1-4-12(3)17(5-2)15-8-6-7-13-9-10-16-11-14(13)15/h6-8,12,16H,4-5,9-11H2,1-3H3. The molecule has 2 rings (SSSR count). The van der Waals surface area contributed by atoms with Crippen LogP contribution in [0.25, 0.3) is 0 Å². The normalized spacial score (nSPS) is 16.4. The Morgan fingerprint density at radius 2 is 2.18 bits per heavy atom. The largest absolute Gasteiger partial charge is 0.369 e. The van der Waals surface area contributed by atoms with Crippen LogP contribution in [-0.4, -0.2) is 19.1 Å². The van der Waals surface area contributed by atoms with Gasteiger partial charge in [0, 0.05) is 24.8 Å². The molecule has 1 aliphatic rings. The first-order valence-corrected chi connectivity index (χ1v) is 6.86. The third-order valence-corrected chi connectivity index (χ3v) is 3.89. The minimum Gasteiger partial charge on any atom is -0.369 e. The highest BCUT2D eigenvalue weighted by molar-refractivity contribution is 5.58. The third kappa shape index (κ3) is 2.47. The highest BCUT2D eigenvalue weighted by Gasteiger charge is 2.18. The molecule has 0 saturated heterocycles. The number of hydrogen-bond donors (Lipinski definition) is 1. The van der Waals surface area contributed by atoms with Crippen LogP contribution in [0.4, 0.5) is 5.69 Å². The molecule has 17 heavy (non-hydrogen) atoms. The number of rotatable bonds is 4. The van der Waals surface area contributed by atoms with Crippen LogP contribution in [0.15, 0.2) is 18.2 Å². The number of nitrogens with zero attached hydrogens (tertiary/aromatic N) is 1. The molecule has 2 heteroatoms. The van der Waals surface area contributed by atoms with E-state index in [2.05, 4.69) is 49.2 Å². The Morgan fingerprint density at radius 1 is 1.35 bits per heavy atom. The topological polar surface area (TPSA) is 15.3 Å². The Labute approximate surface area is 105 Å². The summed E-state index contributed by atoms with van der Waals surface area (Å²) in [5, 5.41) is 3.49. The van der Waals surface area contributed by atoms with Crippen molar-refractivity contribution in [2.45, 2.75) is 46.2 Å². The maximum Gasteiger partial charge on any atom is 0.0416 e. The first-order valence-electron chi connectivity index (χ1n) is 6.86. The Hall–Kier alpha value is -1.02. The van der Waals surface area contributed by atoms with E-state index >= 15 is 0 Å². The first kappa shape index (κ1) is 12.4. The van der Waals surface area contributed by atoms with E-state index in [1.807, 2.05) is 0 Å². The van der Waals surface area contributed by atoms with E-state index < -0.39 is 0 Å². The highest BCUT2D eigenvalue weighted by Crippen LogP contribution is 2.28. The predicted octanol–water partition coefficient (Wildman–Crippen LogP) is 2.96. The molecule has 1 aromatic rings. The van der Waals surface area contributed by atoms with Gasteiger partial charge >= 0.3 is 0 Å². The van der Waals surface area contributed by atoms with Gasteiger partial charge in [-0.2, -0.15) is 0 Å². The molecule has 0 saturated carbocycles. The molecule has 2 nitrogen and oxygen atoms in total. The van der Waals surface area contributed by atoms with E-state index in [9.17, 15) is 0 Å². The van der Waals surface area contributed by atoms with Crippen molar-refractivity contribution in [2.24, 2.45) is 0 Å². The fourth-order valence-electron chi connectivity index (χ4n) is 2.70. The van der Waals surface area contributed by atoms with Gasteiger partial charge in [-0.25, -0.2) is 0 Å². The highest BCUT2D eigenvalue weighted by atomic mass is 15.2. The predicted molar refractivity (Wildman–Crippen MR) is 74.6 cm³/mol.